The molecule has 0 aromatic carbocycles. The Kier molecular flexibility index (Phi) is 4.14. The van der Waals surface area contributed by atoms with Gasteiger partial charge in [-0.1, -0.05) is 5.16 Å². The molecule has 2 heterocycles. The number of carbonyl (C=O) groups excluding carboxylic acids is 1. The van der Waals surface area contributed by atoms with E-state index in [1.54, 1.807) is 13.8 Å². The van der Waals surface area contributed by atoms with Crippen molar-refractivity contribution >= 4 is 15.9 Å². The Bertz CT molecular complexity index is 581. The Balaban J connectivity index is 2.12. The fourth-order valence-electron chi connectivity index (χ4n) is 2.61. The highest BCUT2D eigenvalue weighted by atomic mass is 32.2. The third-order valence-corrected chi connectivity index (χ3v) is 5.77. The highest BCUT2D eigenvalue weighted by molar-refractivity contribution is 7.89. The van der Waals surface area contributed by atoms with Crippen LogP contribution in [0.5, 0.6) is 0 Å². The number of rotatable bonds is 4. The molecule has 1 aliphatic heterocycles. The Labute approximate surface area is 118 Å². The van der Waals surface area contributed by atoms with E-state index in [0.717, 1.165) is 0 Å². The molecule has 8 heteroatoms. The summed E-state index contributed by atoms with van der Waals surface area (Å²) in [5.74, 6) is 0.141. The van der Waals surface area contributed by atoms with E-state index in [1.165, 1.54) is 4.31 Å². The molecular weight excluding hydrogens is 282 g/mol. The second-order valence-electron chi connectivity index (χ2n) is 5.17. The van der Waals surface area contributed by atoms with Crippen molar-refractivity contribution in [2.45, 2.75) is 38.0 Å². The van der Waals surface area contributed by atoms with Gasteiger partial charge in [-0.3, -0.25) is 4.79 Å². The average Bonchev–Trinajstić information content (AvgIpc) is 2.69. The standard InChI is InChI=1S/C12H19N3O4S/c1-8-12(9(2)19-14-8)20(17,18)15-5-3-10(4-6-15)7-11(13)16/h10H,3-7H2,1-2H3,(H2,13,16). The second-order valence-corrected chi connectivity index (χ2v) is 7.05. The average molecular weight is 301 g/mol. The van der Waals surface area contributed by atoms with Gasteiger partial charge < -0.3 is 10.3 Å². The van der Waals surface area contributed by atoms with Crippen molar-refractivity contribution in [1.82, 2.24) is 9.46 Å². The second kappa shape index (κ2) is 5.53. The van der Waals surface area contributed by atoms with E-state index in [-0.39, 0.29) is 16.7 Å². The van der Waals surface area contributed by atoms with Crippen LogP contribution in [0.3, 0.4) is 0 Å². The van der Waals surface area contributed by atoms with Gasteiger partial charge in [0.2, 0.25) is 15.9 Å². The first kappa shape index (κ1) is 15.0. The van der Waals surface area contributed by atoms with Crippen molar-refractivity contribution in [3.8, 4) is 0 Å². The molecule has 1 aromatic heterocycles. The molecule has 2 N–H and O–H groups in total. The predicted octanol–water partition coefficient (Wildman–Crippen LogP) is 0.568. The zero-order valence-electron chi connectivity index (χ0n) is 11.6. The van der Waals surface area contributed by atoms with Crippen molar-refractivity contribution in [3.05, 3.63) is 11.5 Å². The first-order valence-electron chi connectivity index (χ1n) is 6.53. The number of piperidine rings is 1. The first-order valence-corrected chi connectivity index (χ1v) is 7.97. The van der Waals surface area contributed by atoms with E-state index >= 15 is 0 Å². The molecule has 0 radical (unpaired) electrons. The van der Waals surface area contributed by atoms with Gasteiger partial charge in [-0.2, -0.15) is 4.31 Å². The van der Waals surface area contributed by atoms with Gasteiger partial charge in [0.05, 0.1) is 0 Å². The van der Waals surface area contributed by atoms with Crippen LogP contribution in [0.2, 0.25) is 0 Å². The van der Waals surface area contributed by atoms with Crippen LogP contribution < -0.4 is 5.73 Å². The molecule has 7 nitrogen and oxygen atoms in total. The van der Waals surface area contributed by atoms with E-state index in [2.05, 4.69) is 5.16 Å². The van der Waals surface area contributed by atoms with Crippen LogP contribution in [-0.2, 0) is 14.8 Å². The number of hydrogen-bond donors (Lipinski definition) is 1. The van der Waals surface area contributed by atoms with E-state index < -0.39 is 10.0 Å². The van der Waals surface area contributed by atoms with Crippen molar-refractivity contribution in [2.24, 2.45) is 11.7 Å². The molecule has 0 atom stereocenters. The maximum Gasteiger partial charge on any atom is 0.248 e. The van der Waals surface area contributed by atoms with Gasteiger partial charge in [-0.15, -0.1) is 0 Å². The van der Waals surface area contributed by atoms with Crippen LogP contribution in [-0.4, -0.2) is 36.9 Å². The summed E-state index contributed by atoms with van der Waals surface area (Å²) < 4.78 is 31.5. The molecule has 1 amide bonds. The Morgan fingerprint density at radius 1 is 1.40 bits per heavy atom. The minimum Gasteiger partial charge on any atom is -0.370 e. The van der Waals surface area contributed by atoms with Gasteiger partial charge in [0, 0.05) is 19.5 Å². The smallest absolute Gasteiger partial charge is 0.248 e. The number of nitrogens with two attached hydrogens (primary N) is 1. The molecule has 1 aliphatic rings. The third kappa shape index (κ3) is 2.85. The zero-order valence-corrected chi connectivity index (χ0v) is 12.4. The van der Waals surface area contributed by atoms with Gasteiger partial charge in [0.25, 0.3) is 0 Å². The van der Waals surface area contributed by atoms with Crippen molar-refractivity contribution in [2.75, 3.05) is 13.1 Å². The van der Waals surface area contributed by atoms with Gasteiger partial charge in [-0.25, -0.2) is 8.42 Å². The van der Waals surface area contributed by atoms with E-state index in [0.29, 0.717) is 43.8 Å². The van der Waals surface area contributed by atoms with Gasteiger partial charge >= 0.3 is 0 Å². The summed E-state index contributed by atoms with van der Waals surface area (Å²) in [6.45, 7) is 3.99. The van der Waals surface area contributed by atoms with Crippen LogP contribution in [0, 0.1) is 19.8 Å². The molecule has 2 rings (SSSR count). The number of hydrogen-bond acceptors (Lipinski definition) is 5. The lowest BCUT2D eigenvalue weighted by molar-refractivity contribution is -0.119. The summed E-state index contributed by atoms with van der Waals surface area (Å²) in [6, 6.07) is 0. The lowest BCUT2D eigenvalue weighted by atomic mass is 9.94. The highest BCUT2D eigenvalue weighted by Crippen LogP contribution is 2.28. The Hall–Kier alpha value is -1.41. The minimum atomic E-state index is -3.57. The maximum atomic E-state index is 12.6. The maximum absolute atomic E-state index is 12.6. The van der Waals surface area contributed by atoms with Crippen molar-refractivity contribution in [1.29, 1.82) is 0 Å². The number of aromatic nitrogens is 1. The molecule has 1 saturated heterocycles. The summed E-state index contributed by atoms with van der Waals surface area (Å²) in [5, 5.41) is 3.69. The number of aryl methyl sites for hydroxylation is 2. The van der Waals surface area contributed by atoms with Gasteiger partial charge in [-0.05, 0) is 32.6 Å². The molecule has 0 bridgehead atoms. The molecular formula is C12H19N3O4S. The minimum absolute atomic E-state index is 0.158. The van der Waals surface area contributed by atoms with E-state index in [9.17, 15) is 13.2 Å². The lowest BCUT2D eigenvalue weighted by Crippen LogP contribution is -2.39. The summed E-state index contributed by atoms with van der Waals surface area (Å²) in [6.07, 6.45) is 1.61. The van der Waals surface area contributed by atoms with Gasteiger partial charge in [0.15, 0.2) is 5.76 Å². The summed E-state index contributed by atoms with van der Waals surface area (Å²) >= 11 is 0. The predicted molar refractivity (Wildman–Crippen MR) is 71.3 cm³/mol. The molecule has 112 valence electrons. The Morgan fingerprint density at radius 3 is 2.45 bits per heavy atom. The van der Waals surface area contributed by atoms with Gasteiger partial charge in [0.1, 0.15) is 10.6 Å². The summed E-state index contributed by atoms with van der Waals surface area (Å²) in [7, 11) is -3.57. The quantitative estimate of drug-likeness (QED) is 0.875. The first-order chi connectivity index (χ1) is 9.32. The topological polar surface area (TPSA) is 106 Å². The van der Waals surface area contributed by atoms with E-state index in [4.69, 9.17) is 10.3 Å². The molecule has 0 saturated carbocycles. The fraction of sp³-hybridized carbons (Fsp3) is 0.667. The largest absolute Gasteiger partial charge is 0.370 e. The molecule has 1 aromatic rings. The Morgan fingerprint density at radius 2 is 2.00 bits per heavy atom. The van der Waals surface area contributed by atoms with Crippen molar-refractivity contribution in [3.63, 3.8) is 0 Å². The number of primary amides is 1. The summed E-state index contributed by atoms with van der Waals surface area (Å²) in [5.41, 5.74) is 5.55. The number of nitrogens with zero attached hydrogens (tertiary/aromatic N) is 2. The SMILES string of the molecule is Cc1noc(C)c1S(=O)(=O)N1CCC(CC(N)=O)CC1. The molecule has 1 fully saturated rings. The van der Waals surface area contributed by atoms with Crippen LogP contribution in [0.25, 0.3) is 0 Å². The van der Waals surface area contributed by atoms with Crippen LogP contribution in [0.1, 0.15) is 30.7 Å². The van der Waals surface area contributed by atoms with Crippen LogP contribution in [0.4, 0.5) is 0 Å². The van der Waals surface area contributed by atoms with Crippen LogP contribution >= 0.6 is 0 Å². The molecule has 0 aliphatic carbocycles. The molecule has 0 unspecified atom stereocenters. The number of sulfonamides is 1. The number of carbonyl (C=O) groups is 1. The monoisotopic (exact) mass is 301 g/mol. The molecule has 20 heavy (non-hydrogen) atoms. The third-order valence-electron chi connectivity index (χ3n) is 3.63. The molecule has 0 spiro atoms. The van der Waals surface area contributed by atoms with Crippen molar-refractivity contribution < 1.29 is 17.7 Å². The fourth-order valence-corrected chi connectivity index (χ4v) is 4.37. The van der Waals surface area contributed by atoms with Crippen LogP contribution in [0.15, 0.2) is 9.42 Å². The summed E-state index contributed by atoms with van der Waals surface area (Å²) in [4.78, 5) is 11.0. The lowest BCUT2D eigenvalue weighted by Gasteiger charge is -2.30. The van der Waals surface area contributed by atoms with E-state index in [1.807, 2.05) is 0 Å². The normalized spacial score (nSPS) is 18.3. The highest BCUT2D eigenvalue weighted by Gasteiger charge is 2.33. The number of amides is 1. The zero-order chi connectivity index (χ0) is 14.9.